The minimum Gasteiger partial charge on any atom is -0.497 e. The van der Waals surface area contributed by atoms with E-state index in [1.54, 1.807) is 7.11 Å². The Kier molecular flexibility index (Phi) is 3.68. The SMILES string of the molecule is COc1cccc(-c2nc(C3(N)CCCC(C)C3)no2)c1. The van der Waals surface area contributed by atoms with Crippen molar-refractivity contribution in [2.24, 2.45) is 11.7 Å². The first-order valence-corrected chi connectivity index (χ1v) is 7.38. The second kappa shape index (κ2) is 5.48. The maximum atomic E-state index is 6.51. The zero-order chi connectivity index (χ0) is 14.9. The Morgan fingerprint density at radius 3 is 3.05 bits per heavy atom. The third-order valence-corrected chi connectivity index (χ3v) is 4.22. The lowest BCUT2D eigenvalue weighted by Gasteiger charge is -2.33. The Labute approximate surface area is 124 Å². The maximum Gasteiger partial charge on any atom is 0.258 e. The van der Waals surface area contributed by atoms with Crippen molar-refractivity contribution in [1.82, 2.24) is 10.1 Å². The van der Waals surface area contributed by atoms with Crippen LogP contribution in [0.4, 0.5) is 0 Å². The highest BCUT2D eigenvalue weighted by Crippen LogP contribution is 2.37. The van der Waals surface area contributed by atoms with E-state index in [4.69, 9.17) is 15.0 Å². The molecular formula is C16H21N3O2. The first-order chi connectivity index (χ1) is 10.1. The Bertz CT molecular complexity index is 625. The lowest BCUT2D eigenvalue weighted by atomic mass is 9.76. The van der Waals surface area contributed by atoms with Crippen molar-refractivity contribution in [3.63, 3.8) is 0 Å². The van der Waals surface area contributed by atoms with Gasteiger partial charge in [0.2, 0.25) is 0 Å². The van der Waals surface area contributed by atoms with E-state index in [0.29, 0.717) is 17.6 Å². The number of hydrogen-bond acceptors (Lipinski definition) is 5. The van der Waals surface area contributed by atoms with Crippen LogP contribution in [0.15, 0.2) is 28.8 Å². The van der Waals surface area contributed by atoms with E-state index in [1.165, 1.54) is 6.42 Å². The summed E-state index contributed by atoms with van der Waals surface area (Å²) in [7, 11) is 1.64. The predicted octanol–water partition coefficient (Wildman–Crippen LogP) is 3.11. The fourth-order valence-electron chi connectivity index (χ4n) is 3.09. The van der Waals surface area contributed by atoms with Crippen molar-refractivity contribution in [2.75, 3.05) is 7.11 Å². The molecule has 3 rings (SSSR count). The molecule has 1 heterocycles. The van der Waals surface area contributed by atoms with Crippen LogP contribution >= 0.6 is 0 Å². The zero-order valence-corrected chi connectivity index (χ0v) is 12.5. The summed E-state index contributed by atoms with van der Waals surface area (Å²) in [6, 6.07) is 7.59. The van der Waals surface area contributed by atoms with Gasteiger partial charge in [0.05, 0.1) is 12.6 Å². The average molecular weight is 287 g/mol. The van der Waals surface area contributed by atoms with Crippen LogP contribution in [0.25, 0.3) is 11.5 Å². The predicted molar refractivity (Wildman–Crippen MR) is 79.8 cm³/mol. The van der Waals surface area contributed by atoms with Gasteiger partial charge in [-0.15, -0.1) is 0 Å². The van der Waals surface area contributed by atoms with Crippen molar-refractivity contribution in [1.29, 1.82) is 0 Å². The normalized spacial score (nSPS) is 25.8. The number of nitrogens with zero attached hydrogens (tertiary/aromatic N) is 2. The molecule has 1 aliphatic rings. The van der Waals surface area contributed by atoms with Crippen LogP contribution in [0.1, 0.15) is 38.4 Å². The van der Waals surface area contributed by atoms with Gasteiger partial charge < -0.3 is 15.0 Å². The molecule has 2 atom stereocenters. The molecule has 0 amide bonds. The van der Waals surface area contributed by atoms with Gasteiger partial charge >= 0.3 is 0 Å². The van der Waals surface area contributed by atoms with Gasteiger partial charge in [0.1, 0.15) is 5.75 Å². The maximum absolute atomic E-state index is 6.51. The Balaban J connectivity index is 1.89. The van der Waals surface area contributed by atoms with Gasteiger partial charge in [0.25, 0.3) is 5.89 Å². The number of benzene rings is 1. The summed E-state index contributed by atoms with van der Waals surface area (Å²) >= 11 is 0. The van der Waals surface area contributed by atoms with Gasteiger partial charge in [-0.1, -0.05) is 31.0 Å². The summed E-state index contributed by atoms with van der Waals surface area (Å²) < 4.78 is 10.6. The lowest BCUT2D eigenvalue weighted by molar-refractivity contribution is 0.222. The molecule has 2 unspecified atom stereocenters. The molecule has 2 N–H and O–H groups in total. The fraction of sp³-hybridized carbons (Fsp3) is 0.500. The van der Waals surface area contributed by atoms with Crippen molar-refractivity contribution in [2.45, 2.75) is 38.1 Å². The van der Waals surface area contributed by atoms with Crippen LogP contribution in [0, 0.1) is 5.92 Å². The Hall–Kier alpha value is -1.88. The highest BCUT2D eigenvalue weighted by molar-refractivity contribution is 5.55. The first-order valence-electron chi connectivity index (χ1n) is 7.38. The summed E-state index contributed by atoms with van der Waals surface area (Å²) in [5, 5.41) is 4.13. The number of methoxy groups -OCH3 is 1. The summed E-state index contributed by atoms with van der Waals surface area (Å²) in [5.74, 6) is 2.47. The molecule has 5 nitrogen and oxygen atoms in total. The van der Waals surface area contributed by atoms with E-state index in [-0.39, 0.29) is 0 Å². The molecule has 1 aliphatic carbocycles. The monoisotopic (exact) mass is 287 g/mol. The van der Waals surface area contributed by atoms with Gasteiger partial charge in [-0.3, -0.25) is 0 Å². The van der Waals surface area contributed by atoms with E-state index >= 15 is 0 Å². The third-order valence-electron chi connectivity index (χ3n) is 4.22. The number of nitrogens with two attached hydrogens (primary N) is 1. The quantitative estimate of drug-likeness (QED) is 0.938. The molecular weight excluding hydrogens is 266 g/mol. The van der Waals surface area contributed by atoms with Gasteiger partial charge in [0, 0.05) is 5.56 Å². The molecule has 0 spiro atoms. The second-order valence-electron chi connectivity index (χ2n) is 6.01. The lowest BCUT2D eigenvalue weighted by Crippen LogP contribution is -2.42. The zero-order valence-electron chi connectivity index (χ0n) is 12.5. The first kappa shape index (κ1) is 14.1. The number of aromatic nitrogens is 2. The van der Waals surface area contributed by atoms with E-state index in [0.717, 1.165) is 30.6 Å². The van der Waals surface area contributed by atoms with Crippen LogP contribution in [-0.4, -0.2) is 17.3 Å². The van der Waals surface area contributed by atoms with Crippen LogP contribution < -0.4 is 10.5 Å². The largest absolute Gasteiger partial charge is 0.497 e. The summed E-state index contributed by atoms with van der Waals surface area (Å²) in [6.45, 7) is 2.23. The van der Waals surface area contributed by atoms with E-state index < -0.39 is 5.54 Å². The fourth-order valence-corrected chi connectivity index (χ4v) is 3.09. The Morgan fingerprint density at radius 2 is 2.29 bits per heavy atom. The molecule has 5 heteroatoms. The standard InChI is InChI=1S/C16H21N3O2/c1-11-5-4-8-16(17,10-11)15-18-14(21-19-15)12-6-3-7-13(9-12)20-2/h3,6-7,9,11H,4-5,8,10,17H2,1-2H3. The third kappa shape index (κ3) is 2.78. The van der Waals surface area contributed by atoms with Crippen molar-refractivity contribution < 1.29 is 9.26 Å². The van der Waals surface area contributed by atoms with Crippen LogP contribution in [0.5, 0.6) is 5.75 Å². The minimum atomic E-state index is -0.460. The molecule has 0 saturated heterocycles. The summed E-state index contributed by atoms with van der Waals surface area (Å²) in [6.07, 6.45) is 4.15. The number of ether oxygens (including phenoxy) is 1. The van der Waals surface area contributed by atoms with E-state index in [9.17, 15) is 0 Å². The van der Waals surface area contributed by atoms with Gasteiger partial charge in [-0.2, -0.15) is 4.98 Å². The van der Waals surface area contributed by atoms with Crippen molar-refractivity contribution in [3.8, 4) is 17.2 Å². The van der Waals surface area contributed by atoms with E-state index in [2.05, 4.69) is 17.1 Å². The van der Waals surface area contributed by atoms with Gasteiger partial charge in [-0.05, 0) is 37.0 Å². The minimum absolute atomic E-state index is 0.460. The molecule has 0 aliphatic heterocycles. The van der Waals surface area contributed by atoms with Crippen LogP contribution in [0.3, 0.4) is 0 Å². The molecule has 0 radical (unpaired) electrons. The van der Waals surface area contributed by atoms with Gasteiger partial charge in [-0.25, -0.2) is 0 Å². The smallest absolute Gasteiger partial charge is 0.258 e. The topological polar surface area (TPSA) is 74.2 Å². The number of hydrogen-bond donors (Lipinski definition) is 1. The highest BCUT2D eigenvalue weighted by Gasteiger charge is 2.37. The molecule has 2 aromatic rings. The number of rotatable bonds is 3. The second-order valence-corrected chi connectivity index (χ2v) is 6.01. The van der Waals surface area contributed by atoms with Crippen LogP contribution in [-0.2, 0) is 5.54 Å². The summed E-state index contributed by atoms with van der Waals surface area (Å²) in [4.78, 5) is 4.53. The highest BCUT2D eigenvalue weighted by atomic mass is 16.5. The molecule has 0 bridgehead atoms. The molecule has 21 heavy (non-hydrogen) atoms. The van der Waals surface area contributed by atoms with Gasteiger partial charge in [0.15, 0.2) is 5.82 Å². The Morgan fingerprint density at radius 1 is 1.43 bits per heavy atom. The molecule has 1 aromatic carbocycles. The molecule has 1 saturated carbocycles. The molecule has 112 valence electrons. The van der Waals surface area contributed by atoms with Crippen molar-refractivity contribution >= 4 is 0 Å². The van der Waals surface area contributed by atoms with Crippen LogP contribution in [0.2, 0.25) is 0 Å². The molecule has 1 aromatic heterocycles. The van der Waals surface area contributed by atoms with E-state index in [1.807, 2.05) is 24.3 Å². The average Bonchev–Trinajstić information content (AvgIpc) is 2.98. The molecule has 1 fully saturated rings. The van der Waals surface area contributed by atoms with Crippen molar-refractivity contribution in [3.05, 3.63) is 30.1 Å². The summed E-state index contributed by atoms with van der Waals surface area (Å²) in [5.41, 5.74) is 6.90.